The summed E-state index contributed by atoms with van der Waals surface area (Å²) in [6, 6.07) is 0. The number of rotatable bonds is 2. The van der Waals surface area contributed by atoms with E-state index in [1.54, 1.807) is 11.8 Å². The highest BCUT2D eigenvalue weighted by Crippen LogP contribution is 2.25. The van der Waals surface area contributed by atoms with E-state index in [0.29, 0.717) is 25.3 Å². The van der Waals surface area contributed by atoms with E-state index in [0.717, 1.165) is 11.3 Å². The van der Waals surface area contributed by atoms with Crippen LogP contribution in [0.1, 0.15) is 39.0 Å². The Labute approximate surface area is 134 Å². The van der Waals surface area contributed by atoms with Gasteiger partial charge in [-0.1, -0.05) is 0 Å². The number of ether oxygens (including phenoxy) is 1. The Morgan fingerprint density at radius 1 is 1.45 bits per heavy atom. The van der Waals surface area contributed by atoms with Gasteiger partial charge in [0, 0.05) is 24.2 Å². The fourth-order valence-corrected chi connectivity index (χ4v) is 2.15. The van der Waals surface area contributed by atoms with Crippen molar-refractivity contribution in [1.29, 1.82) is 0 Å². The number of nitrogens with one attached hydrogen (secondary N) is 2. The molecular weight excluding hydrogens is 308 g/mol. The first-order chi connectivity index (χ1) is 10.2. The molecule has 0 fully saturated rings. The molecule has 0 saturated carbocycles. The van der Waals surface area contributed by atoms with Gasteiger partial charge in [-0.3, -0.25) is 9.89 Å². The third-order valence-electron chi connectivity index (χ3n) is 3.19. The van der Waals surface area contributed by atoms with Crippen LogP contribution >= 0.6 is 11.6 Å². The van der Waals surface area contributed by atoms with Crippen LogP contribution in [-0.2, 0) is 22.5 Å². The summed E-state index contributed by atoms with van der Waals surface area (Å²) >= 11 is 5.75. The van der Waals surface area contributed by atoms with Crippen molar-refractivity contribution in [2.24, 2.45) is 0 Å². The SMILES string of the molecule is CC(Cl)C(=O)Nc1n[nH]c2c1CN(C(=O)OC(C)(C)C)CC2. The Kier molecular flexibility index (Phi) is 4.65. The molecule has 1 aliphatic rings. The topological polar surface area (TPSA) is 87.3 Å². The van der Waals surface area contributed by atoms with Crippen LogP contribution in [0.25, 0.3) is 0 Å². The lowest BCUT2D eigenvalue weighted by Crippen LogP contribution is -2.40. The average Bonchev–Trinajstić information content (AvgIpc) is 2.79. The number of aromatic amines is 1. The standard InChI is InChI=1S/C14H21ClN4O3/c1-8(15)12(20)16-11-9-7-19(6-5-10(9)17-18-11)13(21)22-14(2,3)4/h8H,5-7H2,1-4H3,(H2,16,17,18,20). The quantitative estimate of drug-likeness (QED) is 0.815. The third-order valence-corrected chi connectivity index (χ3v) is 3.39. The number of carbonyl (C=O) groups is 2. The fourth-order valence-electron chi connectivity index (χ4n) is 2.10. The van der Waals surface area contributed by atoms with Crippen molar-refractivity contribution in [3.05, 3.63) is 11.3 Å². The summed E-state index contributed by atoms with van der Waals surface area (Å²) in [6.45, 7) is 7.95. The van der Waals surface area contributed by atoms with Crippen LogP contribution in [0.5, 0.6) is 0 Å². The number of carbonyl (C=O) groups excluding carboxylic acids is 2. The predicted octanol–water partition coefficient (Wildman–Crippen LogP) is 2.27. The molecule has 7 nitrogen and oxygen atoms in total. The van der Waals surface area contributed by atoms with Gasteiger partial charge in [0.25, 0.3) is 0 Å². The first-order valence-electron chi connectivity index (χ1n) is 7.16. The first kappa shape index (κ1) is 16.6. The summed E-state index contributed by atoms with van der Waals surface area (Å²) < 4.78 is 5.38. The number of H-pyrrole nitrogens is 1. The number of halogens is 1. The highest BCUT2D eigenvalue weighted by atomic mass is 35.5. The van der Waals surface area contributed by atoms with Crippen molar-refractivity contribution in [2.75, 3.05) is 11.9 Å². The lowest BCUT2D eigenvalue weighted by Gasteiger charge is -2.30. The van der Waals surface area contributed by atoms with Gasteiger partial charge in [-0.15, -0.1) is 11.6 Å². The summed E-state index contributed by atoms with van der Waals surface area (Å²) in [5.74, 6) is 0.0890. The number of alkyl halides is 1. The first-order valence-corrected chi connectivity index (χ1v) is 7.60. The van der Waals surface area contributed by atoms with E-state index in [4.69, 9.17) is 16.3 Å². The van der Waals surface area contributed by atoms with E-state index in [2.05, 4.69) is 15.5 Å². The number of anilines is 1. The van der Waals surface area contributed by atoms with Gasteiger partial charge in [0.15, 0.2) is 5.82 Å². The van der Waals surface area contributed by atoms with Gasteiger partial charge >= 0.3 is 6.09 Å². The minimum Gasteiger partial charge on any atom is -0.444 e. The molecule has 0 spiro atoms. The molecule has 1 unspecified atom stereocenters. The second-order valence-electron chi connectivity index (χ2n) is 6.29. The van der Waals surface area contributed by atoms with Crippen LogP contribution in [0.15, 0.2) is 0 Å². The van der Waals surface area contributed by atoms with Crippen LogP contribution in [-0.4, -0.2) is 44.6 Å². The molecule has 2 rings (SSSR count). The molecular formula is C14H21ClN4O3. The normalized spacial score (nSPS) is 16.0. The van der Waals surface area contributed by atoms with Gasteiger partial charge in [-0.25, -0.2) is 4.79 Å². The zero-order valence-corrected chi connectivity index (χ0v) is 14.0. The van der Waals surface area contributed by atoms with E-state index < -0.39 is 11.0 Å². The van der Waals surface area contributed by atoms with Gasteiger partial charge in [0.1, 0.15) is 11.0 Å². The summed E-state index contributed by atoms with van der Waals surface area (Å²) in [5.41, 5.74) is 1.17. The average molecular weight is 329 g/mol. The van der Waals surface area contributed by atoms with Crippen molar-refractivity contribution in [2.45, 2.75) is 51.6 Å². The highest BCUT2D eigenvalue weighted by molar-refractivity contribution is 6.32. The second kappa shape index (κ2) is 6.16. The maximum Gasteiger partial charge on any atom is 0.410 e. The van der Waals surface area contributed by atoms with Crippen LogP contribution < -0.4 is 5.32 Å². The molecule has 0 aliphatic carbocycles. The minimum atomic E-state index is -0.655. The Morgan fingerprint density at radius 3 is 2.73 bits per heavy atom. The van der Waals surface area contributed by atoms with Crippen LogP contribution in [0.3, 0.4) is 0 Å². The molecule has 0 radical (unpaired) electrons. The van der Waals surface area contributed by atoms with Gasteiger partial charge < -0.3 is 15.0 Å². The van der Waals surface area contributed by atoms with Crippen molar-refractivity contribution in [3.8, 4) is 0 Å². The molecule has 8 heteroatoms. The predicted molar refractivity (Wildman–Crippen MR) is 82.9 cm³/mol. The molecule has 0 bridgehead atoms. The largest absolute Gasteiger partial charge is 0.444 e. The molecule has 122 valence electrons. The molecule has 0 aromatic carbocycles. The number of amides is 2. The molecule has 1 atom stereocenters. The van der Waals surface area contributed by atoms with Crippen molar-refractivity contribution < 1.29 is 14.3 Å². The molecule has 0 saturated heterocycles. The summed E-state index contributed by atoms with van der Waals surface area (Å²) in [7, 11) is 0. The highest BCUT2D eigenvalue weighted by Gasteiger charge is 2.29. The molecule has 22 heavy (non-hydrogen) atoms. The fraction of sp³-hybridized carbons (Fsp3) is 0.643. The molecule has 1 aliphatic heterocycles. The number of nitrogens with zero attached hydrogens (tertiary/aromatic N) is 2. The molecule has 2 N–H and O–H groups in total. The van der Waals surface area contributed by atoms with Gasteiger partial charge in [-0.05, 0) is 27.7 Å². The molecule has 1 aromatic heterocycles. The zero-order valence-electron chi connectivity index (χ0n) is 13.2. The van der Waals surface area contributed by atoms with E-state index in [9.17, 15) is 9.59 Å². The lowest BCUT2D eigenvalue weighted by atomic mass is 10.1. The van der Waals surface area contributed by atoms with Gasteiger partial charge in [0.05, 0.1) is 6.54 Å². The Morgan fingerprint density at radius 2 is 2.14 bits per heavy atom. The van der Waals surface area contributed by atoms with E-state index in [-0.39, 0.29) is 12.0 Å². The minimum absolute atomic E-state index is 0.328. The van der Waals surface area contributed by atoms with E-state index in [1.807, 2.05) is 20.8 Å². The van der Waals surface area contributed by atoms with Crippen molar-refractivity contribution in [1.82, 2.24) is 15.1 Å². The second-order valence-corrected chi connectivity index (χ2v) is 6.94. The Bertz CT molecular complexity index is 577. The van der Waals surface area contributed by atoms with Crippen molar-refractivity contribution >= 4 is 29.4 Å². The summed E-state index contributed by atoms with van der Waals surface area (Å²) in [6.07, 6.45) is 0.260. The Hall–Kier alpha value is -1.76. The smallest absolute Gasteiger partial charge is 0.410 e. The molecule has 2 amide bonds. The number of hydrogen-bond acceptors (Lipinski definition) is 4. The van der Waals surface area contributed by atoms with Gasteiger partial charge in [-0.2, -0.15) is 5.10 Å². The number of hydrogen-bond donors (Lipinski definition) is 2. The Balaban J connectivity index is 2.10. The summed E-state index contributed by atoms with van der Waals surface area (Å²) in [5, 5.41) is 9.00. The maximum atomic E-state index is 12.2. The van der Waals surface area contributed by atoms with Crippen LogP contribution in [0, 0.1) is 0 Å². The lowest BCUT2D eigenvalue weighted by molar-refractivity contribution is -0.115. The van der Waals surface area contributed by atoms with Crippen LogP contribution in [0.2, 0.25) is 0 Å². The summed E-state index contributed by atoms with van der Waals surface area (Å²) in [4.78, 5) is 25.4. The zero-order chi connectivity index (χ0) is 16.5. The van der Waals surface area contributed by atoms with Gasteiger partial charge in [0.2, 0.25) is 5.91 Å². The number of aromatic nitrogens is 2. The van der Waals surface area contributed by atoms with E-state index in [1.165, 1.54) is 0 Å². The van der Waals surface area contributed by atoms with Crippen molar-refractivity contribution in [3.63, 3.8) is 0 Å². The maximum absolute atomic E-state index is 12.2. The molecule has 2 heterocycles. The number of fused-ring (bicyclic) bond motifs is 1. The molecule has 1 aromatic rings. The van der Waals surface area contributed by atoms with E-state index >= 15 is 0 Å². The monoisotopic (exact) mass is 328 g/mol. The van der Waals surface area contributed by atoms with Crippen LogP contribution in [0.4, 0.5) is 10.6 Å². The third kappa shape index (κ3) is 3.91.